The lowest BCUT2D eigenvalue weighted by Gasteiger charge is -2.11. The van der Waals surface area contributed by atoms with E-state index in [-0.39, 0.29) is 24.1 Å². The lowest BCUT2D eigenvalue weighted by molar-refractivity contribution is -0.130. The van der Waals surface area contributed by atoms with Gasteiger partial charge in [-0.25, -0.2) is 4.39 Å². The van der Waals surface area contributed by atoms with Crippen LogP contribution in [0.25, 0.3) is 6.08 Å². The van der Waals surface area contributed by atoms with Crippen LogP contribution in [0.15, 0.2) is 53.0 Å². The number of hydrogen-bond acceptors (Lipinski definition) is 3. The average Bonchev–Trinajstić information content (AvgIpc) is 2.60. The Kier molecular flexibility index (Phi) is 6.47. The number of nitrogens with zero attached hydrogens (tertiary/aromatic N) is 1. The smallest absolute Gasteiger partial charge is 0.259 e. The highest BCUT2D eigenvalue weighted by atomic mass is 79.9. The van der Waals surface area contributed by atoms with Gasteiger partial charge in [0.05, 0.1) is 4.47 Å². The molecular weight excluding hydrogens is 389 g/mol. The fourth-order valence-electron chi connectivity index (χ4n) is 1.87. The summed E-state index contributed by atoms with van der Waals surface area (Å²) in [5, 5.41) is 0. The van der Waals surface area contributed by atoms with Gasteiger partial charge in [0.2, 0.25) is 0 Å². The van der Waals surface area contributed by atoms with Crippen LogP contribution in [0, 0.1) is 5.82 Å². The first-order chi connectivity index (χ1) is 11.9. The van der Waals surface area contributed by atoms with E-state index in [2.05, 4.69) is 15.9 Å². The van der Waals surface area contributed by atoms with Crippen molar-refractivity contribution in [2.24, 2.45) is 0 Å². The number of hydrogen-bond donors (Lipinski definition) is 0. The Hall–Kier alpha value is -2.47. The van der Waals surface area contributed by atoms with Crippen LogP contribution in [-0.2, 0) is 4.79 Å². The first-order valence-electron chi connectivity index (χ1n) is 7.47. The molecule has 0 N–H and O–H groups in total. The SMILES string of the molecule is CN(C)C(=O)COc1ccc(C(=O)/C=C/c2ccc(F)c(Br)c2)cc1. The van der Waals surface area contributed by atoms with E-state index in [1.807, 2.05) is 0 Å². The molecule has 2 rings (SSSR count). The molecule has 0 spiro atoms. The molecule has 0 aliphatic heterocycles. The summed E-state index contributed by atoms with van der Waals surface area (Å²) in [5.74, 6) is -0.171. The monoisotopic (exact) mass is 405 g/mol. The van der Waals surface area contributed by atoms with Gasteiger partial charge >= 0.3 is 0 Å². The highest BCUT2D eigenvalue weighted by Gasteiger charge is 2.06. The molecule has 0 saturated carbocycles. The van der Waals surface area contributed by atoms with Crippen molar-refractivity contribution < 1.29 is 18.7 Å². The Labute approximate surface area is 154 Å². The Morgan fingerprint density at radius 3 is 2.44 bits per heavy atom. The van der Waals surface area contributed by atoms with Crippen molar-refractivity contribution in [3.8, 4) is 5.75 Å². The number of allylic oxidation sites excluding steroid dienone is 1. The number of ether oxygens (including phenoxy) is 1. The van der Waals surface area contributed by atoms with Crippen molar-refractivity contribution in [2.75, 3.05) is 20.7 Å². The largest absolute Gasteiger partial charge is 0.484 e. The maximum atomic E-state index is 13.2. The Morgan fingerprint density at radius 1 is 1.16 bits per heavy atom. The first kappa shape index (κ1) is 18.9. The summed E-state index contributed by atoms with van der Waals surface area (Å²) in [7, 11) is 3.30. The van der Waals surface area contributed by atoms with Gasteiger partial charge in [0.15, 0.2) is 12.4 Å². The van der Waals surface area contributed by atoms with Crippen LogP contribution in [0.3, 0.4) is 0 Å². The lowest BCUT2D eigenvalue weighted by Crippen LogP contribution is -2.27. The Bertz CT molecular complexity index is 801. The topological polar surface area (TPSA) is 46.6 Å². The van der Waals surface area contributed by atoms with Crippen molar-refractivity contribution >= 4 is 33.7 Å². The van der Waals surface area contributed by atoms with Crippen molar-refractivity contribution in [3.05, 3.63) is 70.0 Å². The molecule has 0 aliphatic rings. The van der Waals surface area contributed by atoms with Crippen LogP contribution in [-0.4, -0.2) is 37.3 Å². The molecule has 0 fully saturated rings. The maximum absolute atomic E-state index is 13.2. The molecule has 4 nitrogen and oxygen atoms in total. The molecular formula is C19H17BrFNO3. The van der Waals surface area contributed by atoms with Crippen LogP contribution in [0.4, 0.5) is 4.39 Å². The Morgan fingerprint density at radius 2 is 1.84 bits per heavy atom. The second-order valence-electron chi connectivity index (χ2n) is 5.47. The summed E-state index contributed by atoms with van der Waals surface area (Å²) < 4.78 is 18.9. The minimum atomic E-state index is -0.355. The van der Waals surface area contributed by atoms with E-state index >= 15 is 0 Å². The maximum Gasteiger partial charge on any atom is 0.259 e. The lowest BCUT2D eigenvalue weighted by atomic mass is 10.1. The average molecular weight is 406 g/mol. The molecule has 0 radical (unpaired) electrons. The highest BCUT2D eigenvalue weighted by Crippen LogP contribution is 2.18. The summed E-state index contributed by atoms with van der Waals surface area (Å²) >= 11 is 3.10. The third-order valence-corrected chi connectivity index (χ3v) is 3.98. The molecule has 0 unspecified atom stereocenters. The third kappa shape index (κ3) is 5.53. The number of amides is 1. The first-order valence-corrected chi connectivity index (χ1v) is 8.26. The van der Waals surface area contributed by atoms with Crippen molar-refractivity contribution in [1.82, 2.24) is 4.90 Å². The van der Waals surface area contributed by atoms with E-state index in [1.54, 1.807) is 56.6 Å². The molecule has 0 atom stereocenters. The number of carbonyl (C=O) groups is 2. The molecule has 2 aromatic rings. The zero-order chi connectivity index (χ0) is 18.4. The van der Waals surface area contributed by atoms with E-state index in [0.717, 1.165) is 0 Å². The summed E-state index contributed by atoms with van der Waals surface area (Å²) in [6.07, 6.45) is 3.04. The molecule has 0 heterocycles. The molecule has 1 amide bonds. The number of halogens is 2. The van der Waals surface area contributed by atoms with E-state index in [1.165, 1.54) is 17.0 Å². The van der Waals surface area contributed by atoms with Crippen LogP contribution in [0.2, 0.25) is 0 Å². The van der Waals surface area contributed by atoms with Gasteiger partial charge in [-0.15, -0.1) is 0 Å². The summed E-state index contributed by atoms with van der Waals surface area (Å²) in [4.78, 5) is 25.1. The predicted octanol–water partition coefficient (Wildman–Crippen LogP) is 3.95. The number of ketones is 1. The quantitative estimate of drug-likeness (QED) is 0.539. The predicted molar refractivity (Wildman–Crippen MR) is 98.1 cm³/mol. The highest BCUT2D eigenvalue weighted by molar-refractivity contribution is 9.10. The van der Waals surface area contributed by atoms with Gasteiger partial charge in [-0.2, -0.15) is 0 Å². The van der Waals surface area contributed by atoms with Crippen LogP contribution >= 0.6 is 15.9 Å². The van der Waals surface area contributed by atoms with E-state index in [9.17, 15) is 14.0 Å². The van der Waals surface area contributed by atoms with Crippen LogP contribution < -0.4 is 4.74 Å². The summed E-state index contributed by atoms with van der Waals surface area (Å²) in [5.41, 5.74) is 1.20. The molecule has 25 heavy (non-hydrogen) atoms. The Balaban J connectivity index is 1.98. The van der Waals surface area contributed by atoms with Gasteiger partial charge in [0, 0.05) is 19.7 Å². The van der Waals surface area contributed by atoms with Crippen LogP contribution in [0.5, 0.6) is 5.75 Å². The van der Waals surface area contributed by atoms with Gasteiger partial charge in [-0.05, 0) is 64.0 Å². The number of carbonyl (C=O) groups excluding carboxylic acids is 2. The summed E-state index contributed by atoms with van der Waals surface area (Å²) in [6.45, 7) is -0.0559. The van der Waals surface area contributed by atoms with Crippen molar-refractivity contribution in [1.29, 1.82) is 0 Å². The number of likely N-dealkylation sites (N-methyl/N-ethyl adjacent to an activating group) is 1. The van der Waals surface area contributed by atoms with Gasteiger partial charge in [-0.1, -0.05) is 12.1 Å². The van der Waals surface area contributed by atoms with Crippen LogP contribution in [0.1, 0.15) is 15.9 Å². The molecule has 6 heteroatoms. The molecule has 130 valence electrons. The van der Waals surface area contributed by atoms with E-state index < -0.39 is 0 Å². The molecule has 0 bridgehead atoms. The summed E-state index contributed by atoms with van der Waals surface area (Å²) in [6, 6.07) is 11.0. The fourth-order valence-corrected chi connectivity index (χ4v) is 2.27. The normalized spacial score (nSPS) is 10.7. The molecule has 2 aromatic carbocycles. The second-order valence-corrected chi connectivity index (χ2v) is 6.33. The van der Waals surface area contributed by atoms with Gasteiger partial charge < -0.3 is 9.64 Å². The molecule has 0 aliphatic carbocycles. The van der Waals surface area contributed by atoms with Gasteiger partial charge in [-0.3, -0.25) is 9.59 Å². The van der Waals surface area contributed by atoms with E-state index in [4.69, 9.17) is 4.74 Å². The third-order valence-electron chi connectivity index (χ3n) is 3.37. The minimum absolute atomic E-state index is 0.0559. The zero-order valence-corrected chi connectivity index (χ0v) is 15.4. The second kappa shape index (κ2) is 8.58. The standard InChI is InChI=1S/C19H17BrFNO3/c1-22(2)19(24)12-25-15-7-5-14(6-8-15)18(23)10-4-13-3-9-17(21)16(20)11-13/h3-11H,12H2,1-2H3/b10-4+. The van der Waals surface area contributed by atoms with E-state index in [0.29, 0.717) is 21.3 Å². The fraction of sp³-hybridized carbons (Fsp3) is 0.158. The minimum Gasteiger partial charge on any atom is -0.484 e. The molecule has 0 saturated heterocycles. The van der Waals surface area contributed by atoms with Gasteiger partial charge in [0.25, 0.3) is 5.91 Å². The zero-order valence-electron chi connectivity index (χ0n) is 13.8. The molecule has 0 aromatic heterocycles. The van der Waals surface area contributed by atoms with Gasteiger partial charge in [0.1, 0.15) is 11.6 Å². The number of benzene rings is 2. The number of rotatable bonds is 6. The van der Waals surface area contributed by atoms with Crippen molar-refractivity contribution in [3.63, 3.8) is 0 Å². The van der Waals surface area contributed by atoms with Crippen molar-refractivity contribution in [2.45, 2.75) is 0 Å².